The Labute approximate surface area is 110 Å². The van der Waals surface area contributed by atoms with Crippen molar-refractivity contribution in [3.63, 3.8) is 0 Å². The van der Waals surface area contributed by atoms with Gasteiger partial charge in [0.25, 0.3) is 5.69 Å². The van der Waals surface area contributed by atoms with Crippen LogP contribution in [0.1, 0.15) is 13.8 Å². The van der Waals surface area contributed by atoms with Crippen LogP contribution in [0.3, 0.4) is 0 Å². The third-order valence-corrected chi connectivity index (χ3v) is 2.66. The summed E-state index contributed by atoms with van der Waals surface area (Å²) in [6.45, 7) is 5.27. The van der Waals surface area contributed by atoms with Crippen molar-refractivity contribution in [1.29, 1.82) is 0 Å². The molecule has 0 aliphatic rings. The number of aromatic nitrogens is 3. The van der Waals surface area contributed by atoms with E-state index in [0.29, 0.717) is 23.9 Å². The number of hydrogen-bond donors (Lipinski definition) is 1. The summed E-state index contributed by atoms with van der Waals surface area (Å²) >= 11 is 0. The van der Waals surface area contributed by atoms with Crippen molar-refractivity contribution in [3.05, 3.63) is 34.6 Å². The van der Waals surface area contributed by atoms with Gasteiger partial charge in [0.05, 0.1) is 11.0 Å². The van der Waals surface area contributed by atoms with Gasteiger partial charge in [-0.2, -0.15) is 0 Å². The second-order valence-corrected chi connectivity index (χ2v) is 3.92. The number of aryl methyl sites for hydroxylation is 1. The minimum absolute atomic E-state index is 0.00611. The summed E-state index contributed by atoms with van der Waals surface area (Å²) in [7, 11) is 0. The second-order valence-electron chi connectivity index (χ2n) is 3.92. The van der Waals surface area contributed by atoms with Crippen molar-refractivity contribution in [2.75, 3.05) is 11.9 Å². The molecule has 19 heavy (non-hydrogen) atoms. The fraction of sp³-hybridized carbons (Fsp3) is 0.333. The van der Waals surface area contributed by atoms with E-state index in [1.54, 1.807) is 6.20 Å². The molecule has 0 unspecified atom stereocenters. The maximum absolute atomic E-state index is 11.0. The summed E-state index contributed by atoms with van der Waals surface area (Å²) in [5.41, 5.74) is 0.503. The highest BCUT2D eigenvalue weighted by atomic mass is 16.6. The Morgan fingerprint density at radius 2 is 2.21 bits per heavy atom. The third kappa shape index (κ3) is 2.70. The number of nitro groups is 1. The minimum atomic E-state index is -0.425. The topological polar surface area (TPSA) is 85.9 Å². The van der Waals surface area contributed by atoms with Gasteiger partial charge in [0.15, 0.2) is 5.82 Å². The molecule has 7 heteroatoms. The summed E-state index contributed by atoms with van der Waals surface area (Å²) in [5.74, 6) is 1.11. The first-order chi connectivity index (χ1) is 9.15. The highest BCUT2D eigenvalue weighted by molar-refractivity contribution is 5.60. The number of hydrogen-bond acceptors (Lipinski definition) is 5. The van der Waals surface area contributed by atoms with E-state index >= 15 is 0 Å². The van der Waals surface area contributed by atoms with Crippen molar-refractivity contribution < 1.29 is 4.92 Å². The Morgan fingerprint density at radius 3 is 2.84 bits per heavy atom. The van der Waals surface area contributed by atoms with Gasteiger partial charge in [0.2, 0.25) is 0 Å². The molecular weight excluding hydrogens is 246 g/mol. The van der Waals surface area contributed by atoms with Crippen molar-refractivity contribution in [2.45, 2.75) is 20.4 Å². The van der Waals surface area contributed by atoms with Crippen LogP contribution in [0.2, 0.25) is 0 Å². The molecule has 0 saturated heterocycles. The van der Waals surface area contributed by atoms with Gasteiger partial charge in [-0.3, -0.25) is 10.1 Å². The summed E-state index contributed by atoms with van der Waals surface area (Å²) in [4.78, 5) is 19.1. The zero-order valence-electron chi connectivity index (χ0n) is 10.8. The molecule has 0 amide bonds. The zero-order chi connectivity index (χ0) is 13.8. The molecule has 7 nitrogen and oxygen atoms in total. The largest absolute Gasteiger partial charge is 0.370 e. The van der Waals surface area contributed by atoms with Crippen LogP contribution in [0, 0.1) is 10.1 Å². The number of anilines is 1. The van der Waals surface area contributed by atoms with Crippen LogP contribution in [0.5, 0.6) is 0 Å². The molecule has 0 atom stereocenters. The van der Waals surface area contributed by atoms with Crippen molar-refractivity contribution in [1.82, 2.24) is 14.5 Å². The lowest BCUT2D eigenvalue weighted by atomic mass is 10.3. The molecular formula is C12H15N5O2. The summed E-state index contributed by atoms with van der Waals surface area (Å²) in [6.07, 6.45) is 3.48. The van der Waals surface area contributed by atoms with E-state index in [9.17, 15) is 10.1 Å². The Hall–Kier alpha value is -2.44. The van der Waals surface area contributed by atoms with E-state index in [1.165, 1.54) is 12.1 Å². The molecule has 0 aliphatic heterocycles. The molecule has 1 N–H and O–H groups in total. The predicted molar refractivity (Wildman–Crippen MR) is 72.0 cm³/mol. The maximum atomic E-state index is 11.0. The van der Waals surface area contributed by atoms with Gasteiger partial charge in [0, 0.05) is 31.5 Å². The van der Waals surface area contributed by atoms with E-state index < -0.39 is 4.92 Å². The SMILES string of the molecule is CCNc1cc([N+](=O)[O-])cc(-c2nccn2CC)n1. The van der Waals surface area contributed by atoms with Crippen LogP contribution >= 0.6 is 0 Å². The maximum Gasteiger partial charge on any atom is 0.275 e. The Balaban J connectivity index is 2.52. The van der Waals surface area contributed by atoms with Gasteiger partial charge in [-0.25, -0.2) is 9.97 Å². The van der Waals surface area contributed by atoms with Gasteiger partial charge >= 0.3 is 0 Å². The van der Waals surface area contributed by atoms with Gasteiger partial charge in [-0.15, -0.1) is 0 Å². The highest BCUT2D eigenvalue weighted by Crippen LogP contribution is 2.24. The zero-order valence-corrected chi connectivity index (χ0v) is 10.8. The summed E-state index contributed by atoms with van der Waals surface area (Å²) in [6, 6.07) is 2.86. The fourth-order valence-electron chi connectivity index (χ4n) is 1.81. The third-order valence-electron chi connectivity index (χ3n) is 2.66. The molecule has 2 heterocycles. The summed E-state index contributed by atoms with van der Waals surface area (Å²) in [5, 5.41) is 13.9. The van der Waals surface area contributed by atoms with Crippen LogP contribution in [0.25, 0.3) is 11.5 Å². The normalized spacial score (nSPS) is 10.4. The van der Waals surface area contributed by atoms with E-state index in [4.69, 9.17) is 0 Å². The average Bonchev–Trinajstić information content (AvgIpc) is 2.87. The molecule has 0 aliphatic carbocycles. The average molecular weight is 261 g/mol. The van der Waals surface area contributed by atoms with Gasteiger partial charge in [-0.1, -0.05) is 0 Å². The van der Waals surface area contributed by atoms with Crippen molar-refractivity contribution >= 4 is 11.5 Å². The Kier molecular flexibility index (Phi) is 3.74. The van der Waals surface area contributed by atoms with Crippen LogP contribution in [-0.4, -0.2) is 26.0 Å². The molecule has 0 bridgehead atoms. The number of nitrogens with zero attached hydrogens (tertiary/aromatic N) is 4. The first kappa shape index (κ1) is 13.0. The number of rotatable bonds is 5. The smallest absolute Gasteiger partial charge is 0.275 e. The van der Waals surface area contributed by atoms with Gasteiger partial charge < -0.3 is 9.88 Å². The molecule has 0 spiro atoms. The molecule has 2 aromatic rings. The standard InChI is InChI=1S/C12H15N5O2/c1-3-13-11-8-9(17(18)19)7-10(15-11)12-14-5-6-16(12)4-2/h5-8H,3-4H2,1-2H3,(H,13,15). The molecule has 0 aromatic carbocycles. The molecule has 0 fully saturated rings. The number of pyridine rings is 1. The lowest BCUT2D eigenvalue weighted by molar-refractivity contribution is -0.384. The Morgan fingerprint density at radius 1 is 1.42 bits per heavy atom. The number of imidazole rings is 1. The monoisotopic (exact) mass is 261 g/mol. The molecule has 2 rings (SSSR count). The molecule has 0 radical (unpaired) electrons. The molecule has 0 saturated carbocycles. The minimum Gasteiger partial charge on any atom is -0.370 e. The lowest BCUT2D eigenvalue weighted by Crippen LogP contribution is -2.04. The van der Waals surface area contributed by atoms with Crippen LogP contribution in [0.4, 0.5) is 11.5 Å². The lowest BCUT2D eigenvalue weighted by Gasteiger charge is -2.07. The first-order valence-electron chi connectivity index (χ1n) is 6.07. The molecule has 2 aromatic heterocycles. The summed E-state index contributed by atoms with van der Waals surface area (Å²) < 4.78 is 1.89. The number of nitrogens with one attached hydrogen (secondary N) is 1. The predicted octanol–water partition coefficient (Wildman–Crippen LogP) is 2.30. The van der Waals surface area contributed by atoms with Gasteiger partial charge in [-0.05, 0) is 13.8 Å². The highest BCUT2D eigenvalue weighted by Gasteiger charge is 2.15. The van der Waals surface area contributed by atoms with Crippen molar-refractivity contribution in [2.24, 2.45) is 0 Å². The van der Waals surface area contributed by atoms with Crippen LogP contribution in [-0.2, 0) is 6.54 Å². The van der Waals surface area contributed by atoms with Crippen LogP contribution in [0.15, 0.2) is 24.5 Å². The van der Waals surface area contributed by atoms with E-state index in [2.05, 4.69) is 15.3 Å². The second kappa shape index (κ2) is 5.47. The van der Waals surface area contributed by atoms with E-state index in [1.807, 2.05) is 24.6 Å². The van der Waals surface area contributed by atoms with Crippen LogP contribution < -0.4 is 5.32 Å². The van der Waals surface area contributed by atoms with Gasteiger partial charge in [0.1, 0.15) is 11.5 Å². The van der Waals surface area contributed by atoms with E-state index in [0.717, 1.165) is 6.54 Å². The quantitative estimate of drug-likeness (QED) is 0.659. The van der Waals surface area contributed by atoms with E-state index in [-0.39, 0.29) is 5.69 Å². The Bertz CT molecular complexity index is 594. The van der Waals surface area contributed by atoms with Crippen molar-refractivity contribution in [3.8, 4) is 11.5 Å². The fourth-order valence-corrected chi connectivity index (χ4v) is 1.81. The first-order valence-corrected chi connectivity index (χ1v) is 6.07. The molecule has 100 valence electrons.